The third kappa shape index (κ3) is 3.50. The average molecular weight is 361 g/mol. The third-order valence-electron chi connectivity index (χ3n) is 3.30. The van der Waals surface area contributed by atoms with Gasteiger partial charge in [-0.1, -0.05) is 22.9 Å². The van der Waals surface area contributed by atoms with Crippen molar-refractivity contribution in [3.05, 3.63) is 68.7 Å². The second kappa shape index (κ2) is 6.91. The van der Waals surface area contributed by atoms with Crippen LogP contribution in [0.5, 0.6) is 0 Å². The lowest BCUT2D eigenvalue weighted by Gasteiger charge is -2.01. The Bertz CT molecular complexity index is 944. The van der Waals surface area contributed by atoms with E-state index in [2.05, 4.69) is 15.2 Å². The Morgan fingerprint density at radius 3 is 2.88 bits per heavy atom. The van der Waals surface area contributed by atoms with Crippen LogP contribution in [-0.4, -0.2) is 20.8 Å². The molecule has 0 atom stereocenters. The number of aryl methyl sites for hydroxylation is 1. The smallest absolute Gasteiger partial charge is 0.190 e. The number of carbonyl (C=O) groups is 1. The van der Waals surface area contributed by atoms with Crippen LogP contribution in [0.25, 0.3) is 10.5 Å². The predicted octanol–water partition coefficient (Wildman–Crippen LogP) is 4.49. The number of hydrogen-bond donors (Lipinski definition) is 0. The van der Waals surface area contributed by atoms with Crippen molar-refractivity contribution in [1.29, 1.82) is 0 Å². The van der Waals surface area contributed by atoms with Gasteiger partial charge in [-0.25, -0.2) is 13.9 Å². The maximum atomic E-state index is 14.0. The quantitative estimate of drug-likeness (QED) is 0.497. The van der Waals surface area contributed by atoms with E-state index >= 15 is 0 Å². The molecule has 0 saturated heterocycles. The van der Waals surface area contributed by atoms with Crippen molar-refractivity contribution in [2.24, 2.45) is 0 Å². The maximum absolute atomic E-state index is 14.0. The molecule has 0 N–H and O–H groups in total. The van der Waals surface area contributed by atoms with E-state index in [4.69, 9.17) is 18.2 Å². The summed E-state index contributed by atoms with van der Waals surface area (Å²) in [5.41, 5.74) is 1.01. The van der Waals surface area contributed by atoms with Crippen LogP contribution in [0.2, 0.25) is 4.34 Å². The summed E-state index contributed by atoms with van der Waals surface area (Å²) in [4.78, 5) is 15.8. The Hall–Kier alpha value is -2.56. The van der Waals surface area contributed by atoms with E-state index in [1.807, 2.05) is 0 Å². The summed E-state index contributed by atoms with van der Waals surface area (Å²) < 4.78 is 15.8. The highest BCUT2D eigenvalue weighted by atomic mass is 35.5. The highest BCUT2D eigenvalue weighted by Crippen LogP contribution is 2.23. The minimum Gasteiger partial charge on any atom is -0.293 e. The van der Waals surface area contributed by atoms with Crippen LogP contribution in [0.3, 0.4) is 0 Å². The van der Waals surface area contributed by atoms with E-state index in [0.717, 1.165) is 6.07 Å². The van der Waals surface area contributed by atoms with Crippen molar-refractivity contribution in [2.75, 3.05) is 0 Å². The van der Waals surface area contributed by atoms with Gasteiger partial charge in [0.1, 0.15) is 5.82 Å². The Morgan fingerprint density at radius 2 is 2.21 bits per heavy atom. The summed E-state index contributed by atoms with van der Waals surface area (Å²) in [7, 11) is 0. The molecular weight excluding hydrogens is 351 g/mol. The molecule has 0 saturated carbocycles. The zero-order valence-corrected chi connectivity index (χ0v) is 13.8. The van der Waals surface area contributed by atoms with E-state index in [9.17, 15) is 9.18 Å². The summed E-state index contributed by atoms with van der Waals surface area (Å²) in [5.74, 6) is -0.571. The first-order valence-corrected chi connectivity index (χ1v) is 8.13. The summed E-state index contributed by atoms with van der Waals surface area (Å²) in [6.07, 6.45) is 2.25. The molecule has 0 aliphatic carbocycles. The lowest BCUT2D eigenvalue weighted by molar-refractivity contribution is 0.0986. The lowest BCUT2D eigenvalue weighted by Crippen LogP contribution is -1.99. The number of carbonyl (C=O) groups excluding carboxylic acids is 1. The maximum Gasteiger partial charge on any atom is 0.190 e. The van der Waals surface area contributed by atoms with E-state index in [1.165, 1.54) is 28.2 Å². The number of rotatable bonds is 5. The van der Waals surface area contributed by atoms with Crippen molar-refractivity contribution in [1.82, 2.24) is 15.0 Å². The first-order valence-electron chi connectivity index (χ1n) is 6.94. The molecule has 8 heteroatoms. The molecule has 5 nitrogen and oxygen atoms in total. The topological polar surface area (TPSA) is 52.1 Å². The molecule has 3 rings (SSSR count). The first kappa shape index (κ1) is 16.3. The van der Waals surface area contributed by atoms with Gasteiger partial charge in [0, 0.05) is 12.8 Å². The van der Waals surface area contributed by atoms with Crippen LogP contribution >= 0.6 is 22.9 Å². The van der Waals surface area contributed by atoms with Gasteiger partial charge in [-0.15, -0.1) is 16.4 Å². The molecule has 2 heterocycles. The van der Waals surface area contributed by atoms with Gasteiger partial charge in [0.2, 0.25) is 0 Å². The summed E-state index contributed by atoms with van der Waals surface area (Å²) in [5, 5.41) is 7.83. The normalized spacial score (nSPS) is 10.5. The molecule has 0 unspecified atom stereocenters. The van der Waals surface area contributed by atoms with Crippen LogP contribution in [0.15, 0.2) is 36.5 Å². The second-order valence-corrected chi connectivity index (χ2v) is 6.64. The summed E-state index contributed by atoms with van der Waals surface area (Å²) in [6.45, 7) is 6.87. The van der Waals surface area contributed by atoms with Gasteiger partial charge in [0.25, 0.3) is 0 Å². The molecule has 0 bridgehead atoms. The molecule has 1 aromatic carbocycles. The fourth-order valence-electron chi connectivity index (χ4n) is 2.11. The zero-order chi connectivity index (χ0) is 17.1. The van der Waals surface area contributed by atoms with Gasteiger partial charge in [-0.3, -0.25) is 4.79 Å². The van der Waals surface area contributed by atoms with Crippen molar-refractivity contribution in [3.63, 3.8) is 0 Å². The van der Waals surface area contributed by atoms with Gasteiger partial charge >= 0.3 is 0 Å². The summed E-state index contributed by atoms with van der Waals surface area (Å²) >= 11 is 7.06. The number of halogens is 2. The van der Waals surface area contributed by atoms with E-state index in [0.29, 0.717) is 21.3 Å². The average Bonchev–Trinajstić information content (AvgIpc) is 3.21. The summed E-state index contributed by atoms with van der Waals surface area (Å²) in [6, 6.07) is 7.51. The SMILES string of the molecule is [C-]#[N+]c1ccc(-n2cc(CCC(=O)c3ccc(Cl)s3)nn2)c(F)c1. The lowest BCUT2D eigenvalue weighted by atomic mass is 10.1. The number of benzene rings is 1. The zero-order valence-electron chi connectivity index (χ0n) is 12.2. The fourth-order valence-corrected chi connectivity index (χ4v) is 3.12. The van der Waals surface area contributed by atoms with E-state index in [-0.39, 0.29) is 23.6 Å². The second-order valence-electron chi connectivity index (χ2n) is 4.93. The van der Waals surface area contributed by atoms with Crippen molar-refractivity contribution >= 4 is 34.4 Å². The van der Waals surface area contributed by atoms with Crippen LogP contribution in [-0.2, 0) is 6.42 Å². The first-order chi connectivity index (χ1) is 11.6. The number of ketones is 1. The monoisotopic (exact) mass is 360 g/mol. The highest BCUT2D eigenvalue weighted by Gasteiger charge is 2.12. The molecule has 0 amide bonds. The molecule has 3 aromatic rings. The molecule has 0 aliphatic rings. The molecule has 0 aliphatic heterocycles. The van der Waals surface area contributed by atoms with Gasteiger partial charge in [-0.05, 0) is 24.3 Å². The molecule has 120 valence electrons. The van der Waals surface area contributed by atoms with Crippen molar-refractivity contribution < 1.29 is 9.18 Å². The highest BCUT2D eigenvalue weighted by molar-refractivity contribution is 7.18. The number of hydrogen-bond acceptors (Lipinski definition) is 4. The number of Topliss-reactive ketones (excluding diaryl/α,β-unsaturated/α-hetero) is 1. The molecule has 0 spiro atoms. The van der Waals surface area contributed by atoms with Crippen LogP contribution in [0.1, 0.15) is 21.8 Å². The molecule has 2 aromatic heterocycles. The van der Waals surface area contributed by atoms with Gasteiger partial charge in [-0.2, -0.15) is 0 Å². The van der Waals surface area contributed by atoms with Gasteiger partial charge in [0.05, 0.1) is 33.4 Å². The Kier molecular flexibility index (Phi) is 4.69. The van der Waals surface area contributed by atoms with Crippen LogP contribution in [0.4, 0.5) is 10.1 Å². The Balaban J connectivity index is 1.70. The van der Waals surface area contributed by atoms with E-state index < -0.39 is 5.82 Å². The van der Waals surface area contributed by atoms with Crippen LogP contribution < -0.4 is 0 Å². The third-order valence-corrected chi connectivity index (χ3v) is 4.58. The van der Waals surface area contributed by atoms with Gasteiger partial charge < -0.3 is 0 Å². The minimum atomic E-state index is -0.552. The predicted molar refractivity (Wildman–Crippen MR) is 89.6 cm³/mol. The van der Waals surface area contributed by atoms with Crippen molar-refractivity contribution in [2.45, 2.75) is 12.8 Å². The number of thiophene rings is 1. The fraction of sp³-hybridized carbons (Fsp3) is 0.125. The van der Waals surface area contributed by atoms with Gasteiger partial charge in [0.15, 0.2) is 11.5 Å². The molecule has 0 radical (unpaired) electrons. The van der Waals surface area contributed by atoms with Crippen LogP contribution in [0, 0.1) is 12.4 Å². The standard InChI is InChI=1S/C16H10ClFN4OS/c1-19-10-2-4-13(12(18)8-10)22-9-11(20-21-22)3-5-14(23)15-6-7-16(17)24-15/h2,4,6-9H,3,5H2. The van der Waals surface area contributed by atoms with Crippen molar-refractivity contribution in [3.8, 4) is 5.69 Å². The molecule has 0 fully saturated rings. The Morgan fingerprint density at radius 1 is 1.38 bits per heavy atom. The molecule has 24 heavy (non-hydrogen) atoms. The minimum absolute atomic E-state index is 0.0194. The van der Waals surface area contributed by atoms with E-state index in [1.54, 1.807) is 18.3 Å². The molecular formula is C16H10ClFN4OS. The Labute approximate surface area is 146 Å². The largest absolute Gasteiger partial charge is 0.293 e. The number of nitrogens with zero attached hydrogens (tertiary/aromatic N) is 4. The number of aromatic nitrogens is 3.